The van der Waals surface area contributed by atoms with Crippen molar-refractivity contribution in [3.05, 3.63) is 70.8 Å². The van der Waals surface area contributed by atoms with Crippen molar-refractivity contribution >= 4 is 0 Å². The zero-order valence-corrected chi connectivity index (χ0v) is 13.5. The van der Waals surface area contributed by atoms with Crippen LogP contribution < -0.4 is 5.32 Å². The summed E-state index contributed by atoms with van der Waals surface area (Å²) in [4.78, 5) is 0. The first-order valence-electron chi connectivity index (χ1n) is 8.02. The molecule has 1 N–H and O–H groups in total. The molecule has 2 rings (SSSR count). The second-order valence-corrected chi connectivity index (χ2v) is 5.97. The molecule has 0 aliphatic rings. The largest absolute Gasteiger partial charge is 0.314 e. The fraction of sp³-hybridized carbons (Fsp3) is 0.400. The van der Waals surface area contributed by atoms with Crippen LogP contribution in [0.4, 0.5) is 0 Å². The van der Waals surface area contributed by atoms with Crippen LogP contribution in [0, 0.1) is 13.8 Å². The number of aryl methyl sites for hydroxylation is 3. The molecule has 0 fully saturated rings. The van der Waals surface area contributed by atoms with Crippen molar-refractivity contribution in [2.24, 2.45) is 0 Å². The summed E-state index contributed by atoms with van der Waals surface area (Å²) in [6.45, 7) is 7.53. The van der Waals surface area contributed by atoms with E-state index in [1.807, 2.05) is 0 Å². The minimum atomic E-state index is 0.554. The Bertz CT molecular complexity index is 542. The van der Waals surface area contributed by atoms with E-state index in [-0.39, 0.29) is 0 Å². The quantitative estimate of drug-likeness (QED) is 0.790. The molecule has 1 atom stereocenters. The Balaban J connectivity index is 1.93. The molecule has 0 amide bonds. The maximum atomic E-state index is 3.63. The summed E-state index contributed by atoms with van der Waals surface area (Å²) < 4.78 is 0. The highest BCUT2D eigenvalue weighted by Gasteiger charge is 2.09. The Labute approximate surface area is 129 Å². The molecule has 0 radical (unpaired) electrons. The van der Waals surface area contributed by atoms with Gasteiger partial charge in [-0.2, -0.15) is 0 Å². The Morgan fingerprint density at radius 3 is 2.33 bits per heavy atom. The molecule has 0 saturated carbocycles. The molecule has 0 spiro atoms. The van der Waals surface area contributed by atoms with E-state index in [4.69, 9.17) is 0 Å². The van der Waals surface area contributed by atoms with Crippen molar-refractivity contribution in [1.82, 2.24) is 5.32 Å². The van der Waals surface area contributed by atoms with Crippen LogP contribution >= 0.6 is 0 Å². The van der Waals surface area contributed by atoms with E-state index in [0.29, 0.717) is 6.04 Å². The third-order valence-corrected chi connectivity index (χ3v) is 3.96. The average Bonchev–Trinajstić information content (AvgIpc) is 2.47. The first-order valence-corrected chi connectivity index (χ1v) is 8.02. The summed E-state index contributed by atoms with van der Waals surface area (Å²) >= 11 is 0. The minimum absolute atomic E-state index is 0.554. The highest BCUT2D eigenvalue weighted by molar-refractivity contribution is 5.23. The second kappa shape index (κ2) is 7.99. The number of nitrogens with one attached hydrogen (secondary N) is 1. The smallest absolute Gasteiger partial charge is 0.0110 e. The second-order valence-electron chi connectivity index (χ2n) is 5.97. The number of rotatable bonds is 7. The van der Waals surface area contributed by atoms with Crippen LogP contribution in [0.5, 0.6) is 0 Å². The van der Waals surface area contributed by atoms with Gasteiger partial charge in [0.1, 0.15) is 0 Å². The highest BCUT2D eigenvalue weighted by atomic mass is 14.9. The van der Waals surface area contributed by atoms with Crippen LogP contribution in [0.15, 0.2) is 48.5 Å². The minimum Gasteiger partial charge on any atom is -0.314 e. The molecule has 21 heavy (non-hydrogen) atoms. The van der Waals surface area contributed by atoms with Crippen molar-refractivity contribution in [1.29, 1.82) is 0 Å². The van der Waals surface area contributed by atoms with Crippen molar-refractivity contribution in [3.8, 4) is 0 Å². The highest BCUT2D eigenvalue weighted by Crippen LogP contribution is 2.12. The van der Waals surface area contributed by atoms with Gasteiger partial charge in [-0.3, -0.25) is 0 Å². The van der Waals surface area contributed by atoms with Crippen LogP contribution in [0.25, 0.3) is 0 Å². The summed E-state index contributed by atoms with van der Waals surface area (Å²) in [5.74, 6) is 0. The van der Waals surface area contributed by atoms with Crippen molar-refractivity contribution < 1.29 is 0 Å². The Morgan fingerprint density at radius 2 is 1.67 bits per heavy atom. The Morgan fingerprint density at radius 1 is 0.905 bits per heavy atom. The van der Waals surface area contributed by atoms with E-state index in [9.17, 15) is 0 Å². The standard InChI is InChI=1S/C20H27N/c1-4-21-20(15-19-10-8-16(2)9-11-19)13-12-18-7-5-6-17(3)14-18/h5-11,14,20-21H,4,12-13,15H2,1-3H3. The summed E-state index contributed by atoms with van der Waals surface area (Å²) in [6, 6.07) is 18.3. The Hall–Kier alpha value is -1.60. The van der Waals surface area contributed by atoms with Gasteiger partial charge in [-0.25, -0.2) is 0 Å². The molecule has 2 aromatic rings. The average molecular weight is 281 g/mol. The summed E-state index contributed by atoms with van der Waals surface area (Å²) in [7, 11) is 0. The monoisotopic (exact) mass is 281 g/mol. The third-order valence-electron chi connectivity index (χ3n) is 3.96. The Kier molecular flexibility index (Phi) is 6.01. The zero-order chi connectivity index (χ0) is 15.1. The SMILES string of the molecule is CCNC(CCc1cccc(C)c1)Cc1ccc(C)cc1. The van der Waals surface area contributed by atoms with Crippen LogP contribution in [0.2, 0.25) is 0 Å². The van der Waals surface area contributed by atoms with Gasteiger partial charge < -0.3 is 5.32 Å². The molecule has 1 unspecified atom stereocenters. The molecule has 0 aromatic heterocycles. The molecule has 0 saturated heterocycles. The van der Waals surface area contributed by atoms with Crippen LogP contribution in [0.3, 0.4) is 0 Å². The first kappa shape index (κ1) is 15.8. The summed E-state index contributed by atoms with van der Waals surface area (Å²) in [5.41, 5.74) is 5.56. The molecule has 0 bridgehead atoms. The van der Waals surface area contributed by atoms with Crippen LogP contribution in [-0.2, 0) is 12.8 Å². The molecular weight excluding hydrogens is 254 g/mol. The van der Waals surface area contributed by atoms with Gasteiger partial charge in [0.25, 0.3) is 0 Å². The van der Waals surface area contributed by atoms with E-state index < -0.39 is 0 Å². The number of hydrogen-bond acceptors (Lipinski definition) is 1. The van der Waals surface area contributed by atoms with E-state index in [1.54, 1.807) is 0 Å². The predicted molar refractivity (Wildman–Crippen MR) is 91.8 cm³/mol. The van der Waals surface area contributed by atoms with Gasteiger partial charge in [0.2, 0.25) is 0 Å². The molecule has 112 valence electrons. The van der Waals surface area contributed by atoms with E-state index in [2.05, 4.69) is 74.6 Å². The third kappa shape index (κ3) is 5.35. The van der Waals surface area contributed by atoms with Gasteiger partial charge in [0.05, 0.1) is 0 Å². The molecule has 1 heteroatoms. The predicted octanol–water partition coefficient (Wildman–Crippen LogP) is 4.46. The fourth-order valence-corrected chi connectivity index (χ4v) is 2.78. The van der Waals surface area contributed by atoms with Gasteiger partial charge in [-0.05, 0) is 50.8 Å². The molecule has 0 aliphatic carbocycles. The van der Waals surface area contributed by atoms with Gasteiger partial charge in [-0.1, -0.05) is 66.6 Å². The van der Waals surface area contributed by atoms with Crippen molar-refractivity contribution in [2.75, 3.05) is 6.54 Å². The lowest BCUT2D eigenvalue weighted by Crippen LogP contribution is -2.31. The topological polar surface area (TPSA) is 12.0 Å². The lowest BCUT2D eigenvalue weighted by atomic mass is 9.98. The maximum Gasteiger partial charge on any atom is 0.0110 e. The van der Waals surface area contributed by atoms with Gasteiger partial charge in [0.15, 0.2) is 0 Å². The lowest BCUT2D eigenvalue weighted by Gasteiger charge is -2.18. The van der Waals surface area contributed by atoms with Crippen LogP contribution in [0.1, 0.15) is 35.6 Å². The molecular formula is C20H27N. The van der Waals surface area contributed by atoms with Crippen molar-refractivity contribution in [2.45, 2.75) is 46.1 Å². The molecule has 2 aromatic carbocycles. The maximum absolute atomic E-state index is 3.63. The van der Waals surface area contributed by atoms with Gasteiger partial charge in [-0.15, -0.1) is 0 Å². The van der Waals surface area contributed by atoms with E-state index >= 15 is 0 Å². The normalized spacial score (nSPS) is 12.3. The lowest BCUT2D eigenvalue weighted by molar-refractivity contribution is 0.491. The van der Waals surface area contributed by atoms with E-state index in [0.717, 1.165) is 19.4 Å². The molecule has 1 nitrogen and oxygen atoms in total. The van der Waals surface area contributed by atoms with Crippen molar-refractivity contribution in [3.63, 3.8) is 0 Å². The summed E-state index contributed by atoms with van der Waals surface area (Å²) in [6.07, 6.45) is 3.44. The van der Waals surface area contributed by atoms with Gasteiger partial charge >= 0.3 is 0 Å². The fourth-order valence-electron chi connectivity index (χ4n) is 2.78. The summed E-state index contributed by atoms with van der Waals surface area (Å²) in [5, 5.41) is 3.63. The molecule has 0 heterocycles. The van der Waals surface area contributed by atoms with Gasteiger partial charge in [0, 0.05) is 6.04 Å². The number of benzene rings is 2. The number of hydrogen-bond donors (Lipinski definition) is 1. The van der Waals surface area contributed by atoms with Crippen LogP contribution in [-0.4, -0.2) is 12.6 Å². The first-order chi connectivity index (χ1) is 10.2. The van der Waals surface area contributed by atoms with E-state index in [1.165, 1.54) is 28.7 Å². The number of likely N-dealkylation sites (N-methyl/N-ethyl adjacent to an activating group) is 1. The zero-order valence-electron chi connectivity index (χ0n) is 13.5. The molecule has 0 aliphatic heterocycles.